The molecular formula is C13H31BrN3PZr. The standard InChI is InChI=1S/C8H16BrNP.2C2H6N.CH3.Zr/c1-10-11(2)6-7-4-3-5-8(7)9;2*1-3-2;;/h7-8H,3-6H2,1-2H3;2*1-2H3;1H3;/q4*-1;+4/t7-,8?,11?;;;;/m0..../s1. The van der Waals surface area contributed by atoms with E-state index >= 15 is 0 Å². The fraction of sp³-hybridized carbons (Fsp3) is 0.923. The van der Waals surface area contributed by atoms with Crippen molar-refractivity contribution < 1.29 is 26.2 Å². The van der Waals surface area contributed by atoms with Crippen molar-refractivity contribution in [3.8, 4) is 0 Å². The summed E-state index contributed by atoms with van der Waals surface area (Å²) in [6.45, 7) is 2.27. The summed E-state index contributed by atoms with van der Waals surface area (Å²) in [5.74, 6) is 0.912. The number of alkyl halides is 1. The van der Waals surface area contributed by atoms with Gasteiger partial charge in [0.15, 0.2) is 0 Å². The summed E-state index contributed by atoms with van der Waals surface area (Å²) in [6.07, 6.45) is 5.53. The summed E-state index contributed by atoms with van der Waals surface area (Å²) in [5.41, 5.74) is 0. The van der Waals surface area contributed by atoms with E-state index in [2.05, 4.69) is 38.3 Å². The van der Waals surface area contributed by atoms with Crippen molar-refractivity contribution in [1.82, 2.24) is 0 Å². The van der Waals surface area contributed by atoms with Gasteiger partial charge in [-0.05, 0) is 24.9 Å². The monoisotopic (exact) mass is 429 g/mol. The summed E-state index contributed by atoms with van der Waals surface area (Å²) in [6, 6.07) is 0. The SMILES string of the molecule is C[N-]C.C[N-]C.C[N-]P(C)C[C@@H]1CCCC1Br.[CH3-].[Zr+4]. The van der Waals surface area contributed by atoms with E-state index in [0.717, 1.165) is 10.7 Å². The van der Waals surface area contributed by atoms with Gasteiger partial charge in [0.05, 0.1) is 0 Å². The van der Waals surface area contributed by atoms with Crippen molar-refractivity contribution in [1.29, 1.82) is 0 Å². The largest absolute Gasteiger partial charge is 4.00 e. The van der Waals surface area contributed by atoms with Gasteiger partial charge in [0.1, 0.15) is 0 Å². The molecule has 0 aromatic carbocycles. The fourth-order valence-corrected chi connectivity index (χ4v) is 3.96. The Bertz CT molecular complexity index is 154. The van der Waals surface area contributed by atoms with Crippen LogP contribution in [0.4, 0.5) is 0 Å². The second kappa shape index (κ2) is 22.0. The predicted molar refractivity (Wildman–Crippen MR) is 93.9 cm³/mol. The quantitative estimate of drug-likeness (QED) is 0.332. The first-order valence-corrected chi connectivity index (χ1v) is 8.82. The first-order valence-electron chi connectivity index (χ1n) is 5.98. The Morgan fingerprint density at radius 2 is 1.47 bits per heavy atom. The summed E-state index contributed by atoms with van der Waals surface area (Å²) in [5, 5.41) is 11.3. The van der Waals surface area contributed by atoms with Crippen molar-refractivity contribution >= 4 is 24.0 Å². The molecule has 19 heavy (non-hydrogen) atoms. The summed E-state index contributed by atoms with van der Waals surface area (Å²) in [7, 11) is 8.93. The van der Waals surface area contributed by atoms with Crippen LogP contribution in [-0.2, 0) is 26.2 Å². The number of nitrogens with zero attached hydrogens (tertiary/aromatic N) is 3. The zero-order valence-corrected chi connectivity index (χ0v) is 18.6. The molecule has 0 saturated heterocycles. The molecule has 0 aliphatic heterocycles. The van der Waals surface area contributed by atoms with Crippen LogP contribution in [0.2, 0.25) is 0 Å². The molecule has 0 N–H and O–H groups in total. The topological polar surface area (TPSA) is 42.3 Å². The zero-order valence-electron chi connectivity index (χ0n) is 13.6. The van der Waals surface area contributed by atoms with Gasteiger partial charge in [-0.3, -0.25) is 0 Å². The second-order valence-corrected chi connectivity index (χ2v) is 7.40. The first kappa shape index (κ1) is 28.8. The van der Waals surface area contributed by atoms with Gasteiger partial charge in [-0.25, -0.2) is 8.07 Å². The molecule has 1 saturated carbocycles. The Balaban J connectivity index is -0.000000122. The molecule has 0 bridgehead atoms. The van der Waals surface area contributed by atoms with E-state index in [4.69, 9.17) is 0 Å². The molecule has 1 rings (SSSR count). The molecule has 1 fully saturated rings. The molecule has 0 radical (unpaired) electrons. The fourth-order valence-electron chi connectivity index (χ4n) is 1.62. The molecule has 1 aliphatic carbocycles. The predicted octanol–water partition coefficient (Wildman–Crippen LogP) is 5.27. The number of halogens is 1. The maximum atomic E-state index is 4.33. The molecule has 0 spiro atoms. The Hall–Kier alpha value is 1.67. The zero-order chi connectivity index (χ0) is 13.7. The van der Waals surface area contributed by atoms with Crippen molar-refractivity contribution in [2.75, 3.05) is 48.1 Å². The molecule has 0 heterocycles. The van der Waals surface area contributed by atoms with Gasteiger partial charge in [-0.2, -0.15) is 35.2 Å². The van der Waals surface area contributed by atoms with Crippen molar-refractivity contribution in [2.24, 2.45) is 5.92 Å². The van der Waals surface area contributed by atoms with Crippen molar-refractivity contribution in [3.05, 3.63) is 23.1 Å². The van der Waals surface area contributed by atoms with Crippen LogP contribution in [-0.4, -0.2) is 52.9 Å². The van der Waals surface area contributed by atoms with Crippen LogP contribution in [0.25, 0.3) is 15.7 Å². The van der Waals surface area contributed by atoms with Gasteiger partial charge in [-0.15, -0.1) is 0 Å². The van der Waals surface area contributed by atoms with Crippen LogP contribution >= 0.6 is 24.0 Å². The van der Waals surface area contributed by atoms with E-state index in [-0.39, 0.29) is 41.7 Å². The second-order valence-electron chi connectivity index (χ2n) is 4.14. The maximum absolute atomic E-state index is 4.33. The van der Waals surface area contributed by atoms with Gasteiger partial charge in [0, 0.05) is 4.83 Å². The first-order chi connectivity index (χ1) is 8.06. The van der Waals surface area contributed by atoms with Gasteiger partial charge >= 0.3 is 26.2 Å². The van der Waals surface area contributed by atoms with Gasteiger partial charge < -0.3 is 23.1 Å². The van der Waals surface area contributed by atoms with Gasteiger partial charge in [0.25, 0.3) is 0 Å². The van der Waals surface area contributed by atoms with E-state index in [1.807, 2.05) is 7.05 Å². The van der Waals surface area contributed by atoms with Gasteiger partial charge in [0.2, 0.25) is 0 Å². The molecule has 0 aromatic rings. The molecule has 0 aromatic heterocycles. The molecule has 2 unspecified atom stereocenters. The Labute approximate surface area is 150 Å². The van der Waals surface area contributed by atoms with E-state index in [1.54, 1.807) is 28.2 Å². The number of rotatable bonds is 3. The average molecular weight is 432 g/mol. The summed E-state index contributed by atoms with van der Waals surface area (Å²) < 4.78 is 0. The molecule has 1 aliphatic rings. The van der Waals surface area contributed by atoms with Crippen LogP contribution in [0.15, 0.2) is 0 Å². The molecular weight excluding hydrogens is 400 g/mol. The minimum absolute atomic E-state index is 0. The molecule has 114 valence electrons. The third-order valence-corrected chi connectivity index (χ3v) is 5.29. The van der Waals surface area contributed by atoms with Crippen LogP contribution in [0.3, 0.4) is 0 Å². The van der Waals surface area contributed by atoms with Crippen molar-refractivity contribution in [3.63, 3.8) is 0 Å². The van der Waals surface area contributed by atoms with E-state index in [0.29, 0.717) is 0 Å². The Morgan fingerprint density at radius 1 is 1.05 bits per heavy atom. The Kier molecular flexibility index (Phi) is 33.3. The van der Waals surface area contributed by atoms with E-state index < -0.39 is 0 Å². The normalized spacial score (nSPS) is 21.6. The third kappa shape index (κ3) is 19.7. The van der Waals surface area contributed by atoms with Crippen LogP contribution in [0.5, 0.6) is 0 Å². The molecule has 3 atom stereocenters. The van der Waals surface area contributed by atoms with E-state index in [9.17, 15) is 0 Å². The molecule has 0 amide bonds. The minimum atomic E-state index is -0.0210. The van der Waals surface area contributed by atoms with Gasteiger partial charge in [-0.1, -0.05) is 29.0 Å². The smallest absolute Gasteiger partial charge is 0.668 e. The summed E-state index contributed by atoms with van der Waals surface area (Å²) >= 11 is 3.73. The van der Waals surface area contributed by atoms with E-state index in [1.165, 1.54) is 25.4 Å². The summed E-state index contributed by atoms with van der Waals surface area (Å²) in [4.78, 5) is 0.786. The van der Waals surface area contributed by atoms with Crippen LogP contribution in [0, 0.1) is 13.3 Å². The Morgan fingerprint density at radius 3 is 1.74 bits per heavy atom. The maximum Gasteiger partial charge on any atom is 4.00 e. The minimum Gasteiger partial charge on any atom is -0.668 e. The van der Waals surface area contributed by atoms with Crippen LogP contribution in [0.1, 0.15) is 19.3 Å². The van der Waals surface area contributed by atoms with Crippen LogP contribution < -0.4 is 0 Å². The molecule has 3 nitrogen and oxygen atoms in total. The van der Waals surface area contributed by atoms with Crippen molar-refractivity contribution in [2.45, 2.75) is 24.1 Å². The third-order valence-electron chi connectivity index (χ3n) is 2.41. The number of hydrogen-bond acceptors (Lipinski definition) is 0. The molecule has 6 heteroatoms. The average Bonchev–Trinajstić information content (AvgIpc) is 2.66. The number of hydrogen-bond donors (Lipinski definition) is 0.